The molecule has 0 bridgehead atoms. The Labute approximate surface area is 235 Å². The van der Waals surface area contributed by atoms with Crippen LogP contribution < -0.4 is 29.0 Å². The Kier molecular flexibility index (Phi) is 10.1. The number of hydrogen-bond donors (Lipinski definition) is 1. The predicted molar refractivity (Wildman–Crippen MR) is 149 cm³/mol. The highest BCUT2D eigenvalue weighted by atomic mass is 16.5. The molecule has 2 unspecified atom stereocenters. The van der Waals surface area contributed by atoms with Crippen molar-refractivity contribution in [2.45, 2.75) is 32.9 Å². The van der Waals surface area contributed by atoms with E-state index < -0.39 is 11.9 Å². The van der Waals surface area contributed by atoms with Crippen LogP contribution in [0.1, 0.15) is 41.5 Å². The van der Waals surface area contributed by atoms with Gasteiger partial charge in [0.05, 0.1) is 35.5 Å². The highest BCUT2D eigenvalue weighted by Crippen LogP contribution is 2.38. The first-order valence-corrected chi connectivity index (χ1v) is 13.0. The van der Waals surface area contributed by atoms with Crippen LogP contribution in [0.2, 0.25) is 0 Å². The first-order valence-electron chi connectivity index (χ1n) is 13.0. The molecule has 1 heterocycles. The number of methoxy groups -OCH3 is 5. The Morgan fingerprint density at radius 3 is 1.82 bits per heavy atom. The highest BCUT2D eigenvalue weighted by Gasteiger charge is 2.35. The van der Waals surface area contributed by atoms with E-state index in [4.69, 9.17) is 23.7 Å². The summed E-state index contributed by atoms with van der Waals surface area (Å²) in [6.07, 6.45) is 0. The Balaban J connectivity index is 1.74. The quantitative estimate of drug-likeness (QED) is 0.474. The second-order valence-corrected chi connectivity index (χ2v) is 9.84. The molecule has 0 aromatic heterocycles. The summed E-state index contributed by atoms with van der Waals surface area (Å²) in [7, 11) is 7.50. The molecule has 2 aromatic rings. The summed E-state index contributed by atoms with van der Waals surface area (Å²) in [4.78, 5) is 43.6. The Hall–Kier alpha value is -4.15. The van der Waals surface area contributed by atoms with Crippen molar-refractivity contribution in [3.8, 4) is 28.7 Å². The van der Waals surface area contributed by atoms with Gasteiger partial charge in [0, 0.05) is 42.9 Å². The number of ether oxygens (including phenoxy) is 5. The molecule has 3 rings (SSSR count). The molecule has 1 saturated heterocycles. The van der Waals surface area contributed by atoms with E-state index in [0.717, 1.165) is 0 Å². The van der Waals surface area contributed by atoms with E-state index in [1.54, 1.807) is 40.1 Å². The van der Waals surface area contributed by atoms with Crippen molar-refractivity contribution in [3.63, 3.8) is 0 Å². The molecule has 2 aromatic carbocycles. The molecular weight excluding hydrogens is 518 g/mol. The molecule has 0 saturated carbocycles. The van der Waals surface area contributed by atoms with Crippen molar-refractivity contribution in [2.75, 3.05) is 55.2 Å². The van der Waals surface area contributed by atoms with E-state index in [1.807, 2.05) is 20.8 Å². The van der Waals surface area contributed by atoms with Gasteiger partial charge in [-0.15, -0.1) is 0 Å². The number of hydrogen-bond acceptors (Lipinski definition) is 8. The molecule has 0 radical (unpaired) electrons. The zero-order valence-corrected chi connectivity index (χ0v) is 24.4. The third kappa shape index (κ3) is 6.52. The molecule has 1 aliphatic rings. The number of benzene rings is 2. The van der Waals surface area contributed by atoms with Crippen molar-refractivity contribution in [3.05, 3.63) is 41.5 Å². The standard InChI is InChI=1S/C29H39N3O8/c1-17(2)25(30-27(33)19-11-21(36-4)15-22(12-19)37-5)29(35)31-9-10-32(18(3)16-31)28(34)20-13-23(38-6)26(40-8)24(14-20)39-7/h11-15,17-18,25H,9-10,16H2,1-8H3,(H,30,33). The minimum absolute atomic E-state index is 0.168. The van der Waals surface area contributed by atoms with Gasteiger partial charge >= 0.3 is 0 Å². The first kappa shape index (κ1) is 30.4. The summed E-state index contributed by atoms with van der Waals surface area (Å²) >= 11 is 0. The minimum atomic E-state index is -0.755. The summed E-state index contributed by atoms with van der Waals surface area (Å²) < 4.78 is 26.7. The average molecular weight is 558 g/mol. The summed E-state index contributed by atoms with van der Waals surface area (Å²) in [6.45, 7) is 6.62. The first-order chi connectivity index (χ1) is 19.1. The number of piperazine rings is 1. The number of carbonyl (C=O) groups excluding carboxylic acids is 3. The third-order valence-electron chi connectivity index (χ3n) is 6.94. The number of nitrogens with zero attached hydrogens (tertiary/aromatic N) is 2. The van der Waals surface area contributed by atoms with Crippen LogP contribution in [0.25, 0.3) is 0 Å². The zero-order valence-electron chi connectivity index (χ0n) is 24.4. The topological polar surface area (TPSA) is 116 Å². The van der Waals surface area contributed by atoms with Gasteiger partial charge in [-0.3, -0.25) is 14.4 Å². The van der Waals surface area contributed by atoms with Crippen molar-refractivity contribution in [2.24, 2.45) is 5.92 Å². The molecule has 3 amide bonds. The summed E-state index contributed by atoms with van der Waals surface area (Å²) in [6, 6.07) is 7.06. The smallest absolute Gasteiger partial charge is 0.254 e. The van der Waals surface area contributed by atoms with Gasteiger partial charge < -0.3 is 38.8 Å². The van der Waals surface area contributed by atoms with Crippen LogP contribution in [0.15, 0.2) is 30.3 Å². The van der Waals surface area contributed by atoms with Crippen LogP contribution in [0, 0.1) is 5.92 Å². The van der Waals surface area contributed by atoms with Gasteiger partial charge in [0.1, 0.15) is 17.5 Å². The summed E-state index contributed by atoms with van der Waals surface area (Å²) in [5, 5.41) is 2.88. The second kappa shape index (κ2) is 13.3. The summed E-state index contributed by atoms with van der Waals surface area (Å²) in [5.41, 5.74) is 0.714. The molecule has 0 spiro atoms. The minimum Gasteiger partial charge on any atom is -0.497 e. The van der Waals surface area contributed by atoms with Gasteiger partial charge in [-0.2, -0.15) is 0 Å². The van der Waals surface area contributed by atoms with Crippen molar-refractivity contribution >= 4 is 17.7 Å². The number of nitrogens with one attached hydrogen (secondary N) is 1. The lowest BCUT2D eigenvalue weighted by Crippen LogP contribution is -2.59. The van der Waals surface area contributed by atoms with Crippen molar-refractivity contribution in [1.29, 1.82) is 0 Å². The molecule has 11 heteroatoms. The Morgan fingerprint density at radius 2 is 1.38 bits per heavy atom. The molecular formula is C29H39N3O8. The lowest BCUT2D eigenvalue weighted by molar-refractivity contribution is -0.136. The molecule has 2 atom stereocenters. The lowest BCUT2D eigenvalue weighted by Gasteiger charge is -2.41. The van der Waals surface area contributed by atoms with Gasteiger partial charge in [-0.25, -0.2) is 0 Å². The van der Waals surface area contributed by atoms with E-state index in [9.17, 15) is 14.4 Å². The van der Waals surface area contributed by atoms with Crippen molar-refractivity contribution < 1.29 is 38.1 Å². The van der Waals surface area contributed by atoms with Gasteiger partial charge in [-0.1, -0.05) is 13.8 Å². The average Bonchev–Trinajstić information content (AvgIpc) is 2.97. The molecule has 1 aliphatic heterocycles. The Bertz CT molecular complexity index is 1180. The van der Waals surface area contributed by atoms with E-state index >= 15 is 0 Å². The number of carbonyl (C=O) groups is 3. The monoisotopic (exact) mass is 557 g/mol. The fourth-order valence-electron chi connectivity index (χ4n) is 4.70. The lowest BCUT2D eigenvalue weighted by atomic mass is 10.0. The van der Waals surface area contributed by atoms with E-state index in [-0.39, 0.29) is 23.8 Å². The van der Waals surface area contributed by atoms with Gasteiger partial charge in [0.2, 0.25) is 11.7 Å². The van der Waals surface area contributed by atoms with Gasteiger partial charge in [0.25, 0.3) is 11.8 Å². The third-order valence-corrected chi connectivity index (χ3v) is 6.94. The van der Waals surface area contributed by atoms with Crippen LogP contribution in [0.5, 0.6) is 28.7 Å². The molecule has 1 fully saturated rings. The van der Waals surface area contributed by atoms with Gasteiger partial charge in [0.15, 0.2) is 11.5 Å². The van der Waals surface area contributed by atoms with E-state index in [0.29, 0.717) is 59.5 Å². The van der Waals surface area contributed by atoms with Crippen LogP contribution in [0.4, 0.5) is 0 Å². The SMILES string of the molecule is COc1cc(OC)cc(C(=O)NC(C(=O)N2CCN(C(=O)c3cc(OC)c(OC)c(OC)c3)C(C)C2)C(C)C)c1. The zero-order chi connectivity index (χ0) is 29.6. The maximum absolute atomic E-state index is 13.6. The van der Waals surface area contributed by atoms with Crippen LogP contribution in [-0.2, 0) is 4.79 Å². The number of amides is 3. The van der Waals surface area contributed by atoms with Crippen molar-refractivity contribution in [1.82, 2.24) is 15.1 Å². The molecule has 40 heavy (non-hydrogen) atoms. The highest BCUT2D eigenvalue weighted by molar-refractivity contribution is 5.99. The number of rotatable bonds is 10. The predicted octanol–water partition coefficient (Wildman–Crippen LogP) is 2.86. The van der Waals surface area contributed by atoms with Crippen LogP contribution >= 0.6 is 0 Å². The molecule has 0 aliphatic carbocycles. The fraction of sp³-hybridized carbons (Fsp3) is 0.483. The molecule has 1 N–H and O–H groups in total. The molecule has 218 valence electrons. The largest absolute Gasteiger partial charge is 0.497 e. The van der Waals surface area contributed by atoms with E-state index in [2.05, 4.69) is 5.32 Å². The van der Waals surface area contributed by atoms with Crippen LogP contribution in [-0.4, -0.2) is 94.8 Å². The summed E-state index contributed by atoms with van der Waals surface area (Å²) in [5.74, 6) is 1.12. The second-order valence-electron chi connectivity index (χ2n) is 9.84. The van der Waals surface area contributed by atoms with Gasteiger partial charge in [-0.05, 0) is 37.1 Å². The maximum Gasteiger partial charge on any atom is 0.254 e. The van der Waals surface area contributed by atoms with E-state index in [1.165, 1.54) is 35.5 Å². The fourth-order valence-corrected chi connectivity index (χ4v) is 4.70. The Morgan fingerprint density at radius 1 is 0.800 bits per heavy atom. The van der Waals surface area contributed by atoms with Crippen LogP contribution in [0.3, 0.4) is 0 Å². The maximum atomic E-state index is 13.6. The molecule has 11 nitrogen and oxygen atoms in total. The normalized spacial score (nSPS) is 15.8.